The Morgan fingerprint density at radius 3 is 2.71 bits per heavy atom. The molecule has 0 aliphatic carbocycles. The molecule has 0 spiro atoms. The number of hydrogen-bond acceptors (Lipinski definition) is 4. The average molecular weight is 379 g/mol. The van der Waals surface area contributed by atoms with E-state index in [0.717, 1.165) is 29.8 Å². The van der Waals surface area contributed by atoms with Gasteiger partial charge in [0.1, 0.15) is 5.75 Å². The van der Waals surface area contributed by atoms with Gasteiger partial charge in [-0.05, 0) is 61.2 Å². The van der Waals surface area contributed by atoms with Gasteiger partial charge in [0.2, 0.25) is 11.8 Å². The molecule has 6 nitrogen and oxygen atoms in total. The molecule has 2 aromatic carbocycles. The number of rotatable bonds is 7. The molecule has 2 amide bonds. The van der Waals surface area contributed by atoms with Crippen LogP contribution in [0.1, 0.15) is 37.3 Å². The second kappa shape index (κ2) is 9.69. The highest BCUT2D eigenvalue weighted by atomic mass is 16.5. The second-order valence-corrected chi connectivity index (χ2v) is 6.57. The standard InChI is InChI=1S/C22H25N3O3/c1-2-28-19-11-9-17(10-12-19)16-23-24-21(26)13-14-22(27)25-15-5-7-18-6-3-4-8-20(18)25/h3-4,6,8-12,16H,2,5,7,13-15H2,1H3,(H,24,26)/b23-16+. The summed E-state index contributed by atoms with van der Waals surface area (Å²) in [6, 6.07) is 15.4. The van der Waals surface area contributed by atoms with Gasteiger partial charge in [-0.15, -0.1) is 0 Å². The van der Waals surface area contributed by atoms with Gasteiger partial charge in [-0.2, -0.15) is 5.10 Å². The Bertz CT molecular complexity index is 846. The zero-order valence-electron chi connectivity index (χ0n) is 16.1. The third-order valence-corrected chi connectivity index (χ3v) is 4.57. The minimum atomic E-state index is -0.277. The zero-order chi connectivity index (χ0) is 19.8. The third-order valence-electron chi connectivity index (χ3n) is 4.57. The average Bonchev–Trinajstić information content (AvgIpc) is 2.73. The van der Waals surface area contributed by atoms with Crippen LogP contribution in [0.3, 0.4) is 0 Å². The van der Waals surface area contributed by atoms with Crippen molar-refractivity contribution in [2.45, 2.75) is 32.6 Å². The summed E-state index contributed by atoms with van der Waals surface area (Å²) >= 11 is 0. The summed E-state index contributed by atoms with van der Waals surface area (Å²) in [5, 5.41) is 3.95. The van der Waals surface area contributed by atoms with Crippen LogP contribution in [-0.2, 0) is 16.0 Å². The quantitative estimate of drug-likeness (QED) is 0.593. The number of benzene rings is 2. The fourth-order valence-corrected chi connectivity index (χ4v) is 3.20. The lowest BCUT2D eigenvalue weighted by molar-refractivity contribution is -0.125. The normalized spacial score (nSPS) is 13.2. The number of ether oxygens (including phenoxy) is 1. The first-order valence-electron chi connectivity index (χ1n) is 9.60. The van der Waals surface area contributed by atoms with E-state index in [0.29, 0.717) is 13.2 Å². The first kappa shape index (κ1) is 19.6. The molecule has 0 unspecified atom stereocenters. The van der Waals surface area contributed by atoms with Crippen molar-refractivity contribution in [2.75, 3.05) is 18.1 Å². The molecule has 1 aliphatic rings. The predicted octanol–water partition coefficient (Wildman–Crippen LogP) is 3.30. The molecule has 0 atom stereocenters. The van der Waals surface area contributed by atoms with E-state index in [1.807, 2.05) is 49.4 Å². The molecule has 1 aliphatic heterocycles. The van der Waals surface area contributed by atoms with Crippen molar-refractivity contribution < 1.29 is 14.3 Å². The Labute approximate surface area is 165 Å². The number of nitrogens with one attached hydrogen (secondary N) is 1. The number of para-hydroxylation sites is 1. The molecule has 6 heteroatoms. The van der Waals surface area contributed by atoms with Crippen LogP contribution >= 0.6 is 0 Å². The maximum absolute atomic E-state index is 12.5. The fourth-order valence-electron chi connectivity index (χ4n) is 3.20. The minimum Gasteiger partial charge on any atom is -0.494 e. The third kappa shape index (κ3) is 5.19. The molecular formula is C22H25N3O3. The largest absolute Gasteiger partial charge is 0.494 e. The van der Waals surface area contributed by atoms with E-state index >= 15 is 0 Å². The van der Waals surface area contributed by atoms with Crippen molar-refractivity contribution >= 4 is 23.7 Å². The first-order valence-corrected chi connectivity index (χ1v) is 9.60. The summed E-state index contributed by atoms with van der Waals surface area (Å²) in [6.07, 6.45) is 3.77. The molecule has 1 N–H and O–H groups in total. The molecule has 0 aromatic heterocycles. The molecule has 3 rings (SSSR count). The Morgan fingerprint density at radius 2 is 1.93 bits per heavy atom. The fraction of sp³-hybridized carbons (Fsp3) is 0.318. The highest BCUT2D eigenvalue weighted by Crippen LogP contribution is 2.27. The van der Waals surface area contributed by atoms with E-state index in [9.17, 15) is 9.59 Å². The maximum Gasteiger partial charge on any atom is 0.240 e. The van der Waals surface area contributed by atoms with Crippen LogP contribution in [-0.4, -0.2) is 31.2 Å². The number of hydrogen-bond donors (Lipinski definition) is 1. The van der Waals surface area contributed by atoms with Crippen LogP contribution in [0.2, 0.25) is 0 Å². The van der Waals surface area contributed by atoms with Gasteiger partial charge in [-0.3, -0.25) is 9.59 Å². The number of carbonyl (C=O) groups excluding carboxylic acids is 2. The number of hydrazone groups is 1. The Balaban J connectivity index is 1.46. The summed E-state index contributed by atoms with van der Waals surface area (Å²) in [7, 11) is 0. The molecule has 0 saturated heterocycles. The summed E-state index contributed by atoms with van der Waals surface area (Å²) in [5.74, 6) is 0.486. The number of carbonyl (C=O) groups is 2. The monoisotopic (exact) mass is 379 g/mol. The lowest BCUT2D eigenvalue weighted by Crippen LogP contribution is -2.36. The SMILES string of the molecule is CCOc1ccc(/C=N/NC(=O)CCC(=O)N2CCCc3ccccc32)cc1. The molecule has 28 heavy (non-hydrogen) atoms. The van der Waals surface area contributed by atoms with Crippen molar-refractivity contribution in [3.63, 3.8) is 0 Å². The summed E-state index contributed by atoms with van der Waals surface area (Å²) in [6.45, 7) is 3.25. The van der Waals surface area contributed by atoms with Gasteiger partial charge in [-0.25, -0.2) is 5.43 Å². The van der Waals surface area contributed by atoms with Crippen LogP contribution in [0.5, 0.6) is 5.75 Å². The van der Waals surface area contributed by atoms with Crippen LogP contribution in [0.4, 0.5) is 5.69 Å². The topological polar surface area (TPSA) is 71.0 Å². The van der Waals surface area contributed by atoms with Crippen molar-refractivity contribution in [2.24, 2.45) is 5.10 Å². The van der Waals surface area contributed by atoms with Crippen LogP contribution in [0, 0.1) is 0 Å². The Kier molecular flexibility index (Phi) is 6.78. The molecule has 0 radical (unpaired) electrons. The molecule has 146 valence electrons. The van der Waals surface area contributed by atoms with Crippen LogP contribution in [0.25, 0.3) is 0 Å². The van der Waals surface area contributed by atoms with E-state index in [1.54, 1.807) is 11.1 Å². The van der Waals surface area contributed by atoms with Gasteiger partial charge in [0.15, 0.2) is 0 Å². The van der Waals surface area contributed by atoms with E-state index in [2.05, 4.69) is 16.6 Å². The number of aryl methyl sites for hydroxylation is 1. The highest BCUT2D eigenvalue weighted by molar-refractivity contribution is 5.96. The van der Waals surface area contributed by atoms with Crippen molar-refractivity contribution in [3.8, 4) is 5.75 Å². The van der Waals surface area contributed by atoms with Gasteiger partial charge >= 0.3 is 0 Å². The molecular weight excluding hydrogens is 354 g/mol. The van der Waals surface area contributed by atoms with Gasteiger partial charge in [0.25, 0.3) is 0 Å². The molecule has 0 bridgehead atoms. The zero-order valence-corrected chi connectivity index (χ0v) is 16.1. The van der Waals surface area contributed by atoms with Crippen molar-refractivity contribution in [3.05, 3.63) is 59.7 Å². The van der Waals surface area contributed by atoms with Crippen molar-refractivity contribution in [1.29, 1.82) is 0 Å². The minimum absolute atomic E-state index is 0.0298. The van der Waals surface area contributed by atoms with Gasteiger partial charge < -0.3 is 9.64 Å². The van der Waals surface area contributed by atoms with E-state index < -0.39 is 0 Å². The summed E-state index contributed by atoms with van der Waals surface area (Å²) in [4.78, 5) is 26.3. The molecule has 0 fully saturated rings. The smallest absolute Gasteiger partial charge is 0.240 e. The van der Waals surface area contributed by atoms with Crippen LogP contribution < -0.4 is 15.1 Å². The van der Waals surface area contributed by atoms with Gasteiger partial charge in [-0.1, -0.05) is 18.2 Å². The van der Waals surface area contributed by atoms with E-state index in [4.69, 9.17) is 4.74 Å². The number of amides is 2. The molecule has 1 heterocycles. The summed E-state index contributed by atoms with van der Waals surface area (Å²) in [5.41, 5.74) is 5.48. The van der Waals surface area contributed by atoms with Gasteiger partial charge in [0.05, 0.1) is 12.8 Å². The lowest BCUT2D eigenvalue weighted by atomic mass is 10.0. The Morgan fingerprint density at radius 1 is 1.14 bits per heavy atom. The maximum atomic E-state index is 12.5. The predicted molar refractivity (Wildman–Crippen MR) is 110 cm³/mol. The van der Waals surface area contributed by atoms with Crippen LogP contribution in [0.15, 0.2) is 53.6 Å². The van der Waals surface area contributed by atoms with Gasteiger partial charge in [0, 0.05) is 25.1 Å². The first-order chi connectivity index (χ1) is 13.7. The lowest BCUT2D eigenvalue weighted by Gasteiger charge is -2.29. The van der Waals surface area contributed by atoms with E-state index in [1.165, 1.54) is 5.56 Å². The summed E-state index contributed by atoms with van der Waals surface area (Å²) < 4.78 is 5.38. The molecule has 2 aromatic rings. The Hall–Kier alpha value is -3.15. The van der Waals surface area contributed by atoms with E-state index in [-0.39, 0.29) is 24.7 Å². The number of anilines is 1. The highest BCUT2D eigenvalue weighted by Gasteiger charge is 2.22. The number of fused-ring (bicyclic) bond motifs is 1. The van der Waals surface area contributed by atoms with Crippen molar-refractivity contribution in [1.82, 2.24) is 5.43 Å². The number of nitrogens with zero attached hydrogens (tertiary/aromatic N) is 2. The second-order valence-electron chi connectivity index (χ2n) is 6.57. The molecule has 0 saturated carbocycles.